The molecule has 1 aromatic carbocycles. The molecule has 0 amide bonds. The first-order chi connectivity index (χ1) is 13.6. The van der Waals surface area contributed by atoms with Crippen molar-refractivity contribution in [2.45, 2.75) is 53.6 Å². The minimum absolute atomic E-state index is 0.423. The van der Waals surface area contributed by atoms with E-state index in [1.807, 2.05) is 52.8 Å². The maximum Gasteiger partial charge on any atom is 0.328 e. The number of hydrogen-bond donors (Lipinski definition) is 1. The lowest BCUT2D eigenvalue weighted by molar-refractivity contribution is -0.131. The summed E-state index contributed by atoms with van der Waals surface area (Å²) in [7, 11) is 0. The Morgan fingerprint density at radius 1 is 1.28 bits per heavy atom. The van der Waals surface area contributed by atoms with Gasteiger partial charge in [-0.15, -0.1) is 0 Å². The van der Waals surface area contributed by atoms with Gasteiger partial charge in [0.25, 0.3) is 0 Å². The zero-order valence-electron chi connectivity index (χ0n) is 17.9. The molecule has 156 valence electrons. The number of hydrogen-bond acceptors (Lipinski definition) is 3. The van der Waals surface area contributed by atoms with Crippen LogP contribution in [0.5, 0.6) is 11.5 Å². The molecule has 2 rings (SSSR count). The molecule has 4 nitrogen and oxygen atoms in total. The van der Waals surface area contributed by atoms with Gasteiger partial charge in [0.05, 0.1) is 6.61 Å². The lowest BCUT2D eigenvalue weighted by Crippen LogP contribution is -2.28. The minimum Gasteiger partial charge on any atom is -0.493 e. The molecule has 29 heavy (non-hydrogen) atoms. The predicted octanol–water partition coefficient (Wildman–Crippen LogP) is 6.34. The maximum absolute atomic E-state index is 15.0. The molecule has 0 unspecified atom stereocenters. The Balaban J connectivity index is 2.59. The number of carboxylic acid groups (broad SMARTS) is 1. The van der Waals surface area contributed by atoms with E-state index < -0.39 is 17.4 Å². The zero-order valence-corrected chi connectivity index (χ0v) is 17.9. The summed E-state index contributed by atoms with van der Waals surface area (Å²) in [5.74, 6) is -0.209. The van der Waals surface area contributed by atoms with E-state index in [9.17, 15) is 4.79 Å². The van der Waals surface area contributed by atoms with Crippen molar-refractivity contribution in [3.8, 4) is 11.5 Å². The van der Waals surface area contributed by atoms with E-state index in [2.05, 4.69) is 0 Å². The third kappa shape index (κ3) is 5.59. The molecule has 0 spiro atoms. The molecule has 5 heteroatoms. The summed E-state index contributed by atoms with van der Waals surface area (Å²) in [6.45, 7) is 11.8. The summed E-state index contributed by atoms with van der Waals surface area (Å²) >= 11 is 0. The number of carboxylic acids is 1. The van der Waals surface area contributed by atoms with Crippen LogP contribution >= 0.6 is 0 Å². The highest BCUT2D eigenvalue weighted by Crippen LogP contribution is 2.43. The van der Waals surface area contributed by atoms with Gasteiger partial charge in [-0.05, 0) is 76.0 Å². The van der Waals surface area contributed by atoms with Crippen molar-refractivity contribution >= 4 is 17.1 Å². The second-order valence-electron chi connectivity index (χ2n) is 7.55. The summed E-state index contributed by atoms with van der Waals surface area (Å²) in [6.07, 6.45) is 6.28. The molecular weight excluding hydrogens is 371 g/mol. The fourth-order valence-corrected chi connectivity index (χ4v) is 3.41. The smallest absolute Gasteiger partial charge is 0.328 e. The maximum atomic E-state index is 15.0. The summed E-state index contributed by atoms with van der Waals surface area (Å²) in [4.78, 5) is 10.7. The second-order valence-corrected chi connectivity index (χ2v) is 7.55. The van der Waals surface area contributed by atoms with Gasteiger partial charge in [0.15, 0.2) is 0 Å². The van der Waals surface area contributed by atoms with Gasteiger partial charge in [-0.25, -0.2) is 9.18 Å². The first kappa shape index (κ1) is 22.5. The van der Waals surface area contributed by atoms with Crippen LogP contribution in [-0.2, 0) is 4.79 Å². The molecule has 0 bridgehead atoms. The van der Waals surface area contributed by atoms with Gasteiger partial charge in [-0.1, -0.05) is 13.0 Å². The van der Waals surface area contributed by atoms with E-state index in [1.54, 1.807) is 6.92 Å². The molecule has 1 heterocycles. The van der Waals surface area contributed by atoms with E-state index in [0.29, 0.717) is 41.2 Å². The standard InChI is InChI=1S/C24H29FO4/c1-7-17(20(25)10-9-15(3)11-23(26)27)19-12-18-16(4)14-24(5,6)29-22(18)13-21(19)28-8-2/h9-14H,7-8H2,1-6H3,(H,26,27)/b10-9+,15-11+,20-17+. The van der Waals surface area contributed by atoms with Crippen LogP contribution < -0.4 is 9.47 Å². The molecule has 1 aromatic rings. The first-order valence-electron chi connectivity index (χ1n) is 9.76. The Hall–Kier alpha value is -2.82. The fraction of sp³-hybridized carbons (Fsp3) is 0.375. The number of carbonyl (C=O) groups is 1. The summed E-state index contributed by atoms with van der Waals surface area (Å²) in [6, 6.07) is 3.74. The van der Waals surface area contributed by atoms with Gasteiger partial charge >= 0.3 is 5.97 Å². The molecular formula is C24H29FO4. The average molecular weight is 400 g/mol. The van der Waals surface area contributed by atoms with E-state index >= 15 is 4.39 Å². The molecule has 0 saturated carbocycles. The Morgan fingerprint density at radius 3 is 2.55 bits per heavy atom. The lowest BCUT2D eigenvalue weighted by Gasteiger charge is -2.31. The van der Waals surface area contributed by atoms with Crippen LogP contribution in [0.15, 0.2) is 47.8 Å². The third-order valence-corrected chi connectivity index (χ3v) is 4.55. The largest absolute Gasteiger partial charge is 0.493 e. The van der Waals surface area contributed by atoms with Crippen molar-refractivity contribution in [3.05, 3.63) is 59.0 Å². The molecule has 1 aliphatic rings. The van der Waals surface area contributed by atoms with Crippen LogP contribution in [0, 0.1) is 0 Å². The van der Waals surface area contributed by atoms with E-state index in [1.165, 1.54) is 12.2 Å². The topological polar surface area (TPSA) is 55.8 Å². The minimum atomic E-state index is -1.06. The van der Waals surface area contributed by atoms with Gasteiger partial charge < -0.3 is 14.6 Å². The molecule has 0 fully saturated rings. The molecule has 1 N–H and O–H groups in total. The Labute approximate surface area is 172 Å². The highest BCUT2D eigenvalue weighted by atomic mass is 19.1. The third-order valence-electron chi connectivity index (χ3n) is 4.55. The van der Waals surface area contributed by atoms with Gasteiger partial charge in [-0.3, -0.25) is 0 Å². The Bertz CT molecular complexity index is 917. The zero-order chi connectivity index (χ0) is 21.8. The van der Waals surface area contributed by atoms with Crippen LogP contribution in [0.2, 0.25) is 0 Å². The van der Waals surface area contributed by atoms with Crippen molar-refractivity contribution in [3.63, 3.8) is 0 Å². The number of ether oxygens (including phenoxy) is 2. The van der Waals surface area contributed by atoms with Crippen molar-refractivity contribution in [1.29, 1.82) is 0 Å². The molecule has 0 aliphatic carbocycles. The SMILES string of the molecule is CCOc1cc2c(cc1\C(CC)=C(F)/C=C/C(C)=C/C(=O)O)C(C)=CC(C)(C)O2. The van der Waals surface area contributed by atoms with Gasteiger partial charge in [0.2, 0.25) is 0 Å². The quantitative estimate of drug-likeness (QED) is 0.429. The van der Waals surface area contributed by atoms with E-state index in [4.69, 9.17) is 14.6 Å². The molecule has 0 radical (unpaired) electrons. The number of fused-ring (bicyclic) bond motifs is 1. The van der Waals surface area contributed by atoms with Crippen LogP contribution in [0.4, 0.5) is 4.39 Å². The number of benzene rings is 1. The van der Waals surface area contributed by atoms with E-state index in [-0.39, 0.29) is 0 Å². The Kier molecular flexibility index (Phi) is 7.07. The summed E-state index contributed by atoms with van der Waals surface area (Å²) < 4.78 is 26.9. The van der Waals surface area contributed by atoms with Crippen LogP contribution in [0.3, 0.4) is 0 Å². The highest BCUT2D eigenvalue weighted by Gasteiger charge is 2.27. The molecule has 0 aromatic heterocycles. The average Bonchev–Trinajstić information content (AvgIpc) is 2.60. The van der Waals surface area contributed by atoms with Crippen molar-refractivity contribution in [2.24, 2.45) is 0 Å². The number of allylic oxidation sites excluding steroid dienone is 6. The highest BCUT2D eigenvalue weighted by molar-refractivity contribution is 5.82. The van der Waals surface area contributed by atoms with Crippen LogP contribution in [-0.4, -0.2) is 23.3 Å². The van der Waals surface area contributed by atoms with Crippen molar-refractivity contribution in [1.82, 2.24) is 0 Å². The summed E-state index contributed by atoms with van der Waals surface area (Å²) in [5.41, 5.74) is 3.17. The van der Waals surface area contributed by atoms with Crippen LogP contribution in [0.1, 0.15) is 59.1 Å². The fourth-order valence-electron chi connectivity index (χ4n) is 3.41. The number of aliphatic carboxylic acids is 1. The molecule has 0 atom stereocenters. The molecule has 0 saturated heterocycles. The van der Waals surface area contributed by atoms with Crippen LogP contribution in [0.25, 0.3) is 11.1 Å². The Morgan fingerprint density at radius 2 is 1.97 bits per heavy atom. The van der Waals surface area contributed by atoms with E-state index in [0.717, 1.165) is 17.2 Å². The predicted molar refractivity (Wildman–Crippen MR) is 115 cm³/mol. The monoisotopic (exact) mass is 400 g/mol. The van der Waals surface area contributed by atoms with Crippen molar-refractivity contribution < 1.29 is 23.8 Å². The van der Waals surface area contributed by atoms with Gasteiger partial charge in [0.1, 0.15) is 22.9 Å². The lowest BCUT2D eigenvalue weighted by atomic mass is 9.91. The first-order valence-corrected chi connectivity index (χ1v) is 9.76. The van der Waals surface area contributed by atoms with Crippen molar-refractivity contribution in [2.75, 3.05) is 6.61 Å². The second kappa shape index (κ2) is 9.12. The number of halogens is 1. The van der Waals surface area contributed by atoms with Gasteiger partial charge in [-0.2, -0.15) is 0 Å². The van der Waals surface area contributed by atoms with Gasteiger partial charge in [0, 0.05) is 23.3 Å². The number of rotatable bonds is 7. The molecule has 1 aliphatic heterocycles. The summed E-state index contributed by atoms with van der Waals surface area (Å²) in [5, 5.41) is 8.80. The normalized spacial score (nSPS) is 16.7.